The third kappa shape index (κ3) is 2.76. The molecule has 0 fully saturated rings. The molecule has 6 heteroatoms. The van der Waals surface area contributed by atoms with Gasteiger partial charge in [0.25, 0.3) is 0 Å². The second-order valence-electron chi connectivity index (χ2n) is 5.83. The molecule has 0 bridgehead atoms. The van der Waals surface area contributed by atoms with E-state index in [1.165, 1.54) is 0 Å². The van der Waals surface area contributed by atoms with Crippen LogP contribution < -0.4 is 4.74 Å². The number of fused-ring (bicyclic) bond motifs is 1. The van der Waals surface area contributed by atoms with Crippen molar-refractivity contribution in [3.63, 3.8) is 0 Å². The van der Waals surface area contributed by atoms with Gasteiger partial charge in [0.05, 0.1) is 25.5 Å². The fourth-order valence-corrected chi connectivity index (χ4v) is 3.17. The van der Waals surface area contributed by atoms with Crippen LogP contribution in [0.4, 0.5) is 0 Å². The molecule has 0 aliphatic carbocycles. The molecule has 122 valence electrons. The highest BCUT2D eigenvalue weighted by molar-refractivity contribution is 5.58. The number of nitrogens with zero attached hydrogens (tertiary/aromatic N) is 5. The lowest BCUT2D eigenvalue weighted by atomic mass is 10.2. The highest BCUT2D eigenvalue weighted by Crippen LogP contribution is 2.25. The Morgan fingerprint density at radius 1 is 1.08 bits per heavy atom. The molecule has 0 unspecified atom stereocenters. The Balaban J connectivity index is 1.54. The summed E-state index contributed by atoms with van der Waals surface area (Å²) in [5.41, 5.74) is 3.42. The second kappa shape index (κ2) is 6.41. The summed E-state index contributed by atoms with van der Waals surface area (Å²) >= 11 is 0. The van der Waals surface area contributed by atoms with E-state index in [0.717, 1.165) is 48.8 Å². The van der Waals surface area contributed by atoms with Gasteiger partial charge in [-0.1, -0.05) is 6.07 Å². The molecule has 0 atom stereocenters. The molecule has 1 aliphatic heterocycles. The smallest absolute Gasteiger partial charge is 0.217 e. The van der Waals surface area contributed by atoms with E-state index in [0.29, 0.717) is 5.88 Å². The lowest BCUT2D eigenvalue weighted by Gasteiger charge is -2.28. The first-order chi connectivity index (χ1) is 11.8. The minimum Gasteiger partial charge on any atom is -0.481 e. The van der Waals surface area contributed by atoms with Crippen LogP contribution in [0.15, 0.2) is 49.1 Å². The number of pyridine rings is 2. The number of imidazole rings is 1. The molecule has 24 heavy (non-hydrogen) atoms. The maximum atomic E-state index is 5.35. The molecule has 4 heterocycles. The Morgan fingerprint density at radius 2 is 1.96 bits per heavy atom. The second-order valence-corrected chi connectivity index (χ2v) is 5.83. The number of ether oxygens (including phenoxy) is 1. The molecule has 6 nitrogen and oxygen atoms in total. The number of rotatable bonds is 4. The van der Waals surface area contributed by atoms with Gasteiger partial charge in [0.15, 0.2) is 0 Å². The lowest BCUT2D eigenvalue weighted by Crippen LogP contribution is -2.33. The first kappa shape index (κ1) is 14.8. The zero-order valence-corrected chi connectivity index (χ0v) is 13.6. The summed E-state index contributed by atoms with van der Waals surface area (Å²) in [5.74, 6) is 1.79. The van der Waals surface area contributed by atoms with E-state index in [9.17, 15) is 0 Å². The SMILES string of the molecule is COc1ncccc1CN1CCn2c(-c3ccncc3)cnc2C1. The molecule has 1 aliphatic rings. The molecule has 3 aromatic heterocycles. The molecule has 0 aromatic carbocycles. The third-order valence-electron chi connectivity index (χ3n) is 4.36. The van der Waals surface area contributed by atoms with E-state index in [-0.39, 0.29) is 0 Å². The van der Waals surface area contributed by atoms with Crippen molar-refractivity contribution in [3.05, 3.63) is 60.4 Å². The molecule has 0 amide bonds. The quantitative estimate of drug-likeness (QED) is 0.738. The van der Waals surface area contributed by atoms with E-state index in [1.807, 2.05) is 36.8 Å². The van der Waals surface area contributed by atoms with Crippen molar-refractivity contribution in [1.29, 1.82) is 0 Å². The molecular weight excluding hydrogens is 302 g/mol. The summed E-state index contributed by atoms with van der Waals surface area (Å²) in [6.07, 6.45) is 7.35. The van der Waals surface area contributed by atoms with Gasteiger partial charge in [0.1, 0.15) is 5.82 Å². The van der Waals surface area contributed by atoms with Crippen molar-refractivity contribution < 1.29 is 4.74 Å². The van der Waals surface area contributed by atoms with Gasteiger partial charge >= 0.3 is 0 Å². The maximum Gasteiger partial charge on any atom is 0.217 e. The van der Waals surface area contributed by atoms with Gasteiger partial charge in [-0.15, -0.1) is 0 Å². The van der Waals surface area contributed by atoms with Gasteiger partial charge in [0.2, 0.25) is 5.88 Å². The number of hydrogen-bond acceptors (Lipinski definition) is 5. The van der Waals surface area contributed by atoms with Gasteiger partial charge in [-0.05, 0) is 18.2 Å². The molecule has 4 rings (SSSR count). The van der Waals surface area contributed by atoms with Crippen molar-refractivity contribution in [2.75, 3.05) is 13.7 Å². The van der Waals surface area contributed by atoms with Crippen LogP contribution in [0, 0.1) is 0 Å². The van der Waals surface area contributed by atoms with Gasteiger partial charge < -0.3 is 9.30 Å². The Morgan fingerprint density at radius 3 is 2.79 bits per heavy atom. The van der Waals surface area contributed by atoms with E-state index < -0.39 is 0 Å². The molecule has 3 aromatic rings. The van der Waals surface area contributed by atoms with E-state index in [2.05, 4.69) is 30.5 Å². The molecule has 0 saturated carbocycles. The van der Waals surface area contributed by atoms with Gasteiger partial charge in [-0.3, -0.25) is 9.88 Å². The molecule has 0 N–H and O–H groups in total. The number of hydrogen-bond donors (Lipinski definition) is 0. The fraction of sp³-hybridized carbons (Fsp3) is 0.278. The number of aromatic nitrogens is 4. The zero-order valence-electron chi connectivity index (χ0n) is 13.6. The average Bonchev–Trinajstić information content (AvgIpc) is 3.06. The third-order valence-corrected chi connectivity index (χ3v) is 4.36. The van der Waals surface area contributed by atoms with E-state index in [4.69, 9.17) is 4.74 Å². The summed E-state index contributed by atoms with van der Waals surface area (Å²) in [4.78, 5) is 15.4. The standard InChI is InChI=1S/C18H19N5O/c1-24-18-15(3-2-6-20-18)12-22-9-10-23-16(11-21-17(23)13-22)14-4-7-19-8-5-14/h2-8,11H,9-10,12-13H2,1H3. The summed E-state index contributed by atoms with van der Waals surface area (Å²) in [5, 5.41) is 0. The Labute approximate surface area is 140 Å². The highest BCUT2D eigenvalue weighted by atomic mass is 16.5. The van der Waals surface area contributed by atoms with Gasteiger partial charge in [-0.2, -0.15) is 0 Å². The Kier molecular flexibility index (Phi) is 3.96. The van der Waals surface area contributed by atoms with Crippen molar-refractivity contribution in [1.82, 2.24) is 24.4 Å². The number of methoxy groups -OCH3 is 1. The molecule has 0 spiro atoms. The van der Waals surface area contributed by atoms with Crippen molar-refractivity contribution in [2.45, 2.75) is 19.6 Å². The normalized spacial score (nSPS) is 14.4. The largest absolute Gasteiger partial charge is 0.481 e. The summed E-state index contributed by atoms with van der Waals surface area (Å²) in [6.45, 7) is 3.53. The minimum absolute atomic E-state index is 0.698. The maximum absolute atomic E-state index is 5.35. The van der Waals surface area contributed by atoms with Crippen LogP contribution in [-0.4, -0.2) is 38.1 Å². The zero-order chi connectivity index (χ0) is 16.4. The van der Waals surface area contributed by atoms with Crippen molar-refractivity contribution in [3.8, 4) is 17.1 Å². The molecule has 0 saturated heterocycles. The van der Waals surface area contributed by atoms with Crippen LogP contribution in [0.2, 0.25) is 0 Å². The lowest BCUT2D eigenvalue weighted by molar-refractivity contribution is 0.206. The van der Waals surface area contributed by atoms with Crippen LogP contribution >= 0.6 is 0 Å². The van der Waals surface area contributed by atoms with Crippen molar-refractivity contribution >= 4 is 0 Å². The van der Waals surface area contributed by atoms with Crippen LogP contribution in [0.25, 0.3) is 11.3 Å². The average molecular weight is 321 g/mol. The summed E-state index contributed by atoms with van der Waals surface area (Å²) < 4.78 is 7.65. The summed E-state index contributed by atoms with van der Waals surface area (Å²) in [6, 6.07) is 8.06. The molecule has 0 radical (unpaired) electrons. The Hall–Kier alpha value is -2.73. The van der Waals surface area contributed by atoms with Crippen LogP contribution in [0.5, 0.6) is 5.88 Å². The first-order valence-electron chi connectivity index (χ1n) is 8.00. The van der Waals surface area contributed by atoms with Crippen LogP contribution in [0.1, 0.15) is 11.4 Å². The first-order valence-corrected chi connectivity index (χ1v) is 8.00. The van der Waals surface area contributed by atoms with E-state index >= 15 is 0 Å². The topological polar surface area (TPSA) is 56.1 Å². The van der Waals surface area contributed by atoms with Gasteiger partial charge in [-0.25, -0.2) is 9.97 Å². The van der Waals surface area contributed by atoms with Crippen LogP contribution in [-0.2, 0) is 19.6 Å². The monoisotopic (exact) mass is 321 g/mol. The van der Waals surface area contributed by atoms with Crippen molar-refractivity contribution in [2.24, 2.45) is 0 Å². The predicted molar refractivity (Wildman–Crippen MR) is 90.4 cm³/mol. The minimum atomic E-state index is 0.698. The Bertz CT molecular complexity index is 830. The van der Waals surface area contributed by atoms with Crippen LogP contribution in [0.3, 0.4) is 0 Å². The summed E-state index contributed by atoms with van der Waals surface area (Å²) in [7, 11) is 1.66. The predicted octanol–water partition coefficient (Wildman–Crippen LogP) is 2.36. The van der Waals surface area contributed by atoms with Gasteiger partial charge in [0, 0.05) is 49.4 Å². The van der Waals surface area contributed by atoms with E-state index in [1.54, 1.807) is 13.3 Å². The fourth-order valence-electron chi connectivity index (χ4n) is 3.17. The molecular formula is C18H19N5O. The highest BCUT2D eigenvalue weighted by Gasteiger charge is 2.21.